The van der Waals surface area contributed by atoms with Crippen LogP contribution in [0.25, 0.3) is 0 Å². The van der Waals surface area contributed by atoms with Gasteiger partial charge in [-0.15, -0.1) is 0 Å². The highest BCUT2D eigenvalue weighted by Crippen LogP contribution is 2.28. The smallest absolute Gasteiger partial charge is 0.321 e. The second-order valence-corrected chi connectivity index (χ2v) is 8.54. The van der Waals surface area contributed by atoms with Crippen LogP contribution in [0.5, 0.6) is 0 Å². The first-order chi connectivity index (χ1) is 16.2. The van der Waals surface area contributed by atoms with Crippen LogP contribution in [-0.2, 0) is 32.7 Å². The van der Waals surface area contributed by atoms with Crippen molar-refractivity contribution in [1.82, 2.24) is 4.72 Å². The van der Waals surface area contributed by atoms with Crippen molar-refractivity contribution in [1.29, 1.82) is 5.26 Å². The SMILES string of the molecule is N#Cc1ccc(F)c(COC(=O)CNS(=O)(=O)c2ccc(NCc3ccco3)c([N+](=O)[O-])c2)c1. The number of carbonyl (C=O) groups excluding carboxylic acids is 1. The predicted molar refractivity (Wildman–Crippen MR) is 115 cm³/mol. The van der Waals surface area contributed by atoms with Gasteiger partial charge in [0, 0.05) is 11.6 Å². The van der Waals surface area contributed by atoms with Gasteiger partial charge in [-0.3, -0.25) is 14.9 Å². The number of ether oxygens (including phenoxy) is 1. The van der Waals surface area contributed by atoms with Gasteiger partial charge >= 0.3 is 5.97 Å². The lowest BCUT2D eigenvalue weighted by Crippen LogP contribution is -2.30. The monoisotopic (exact) mass is 488 g/mol. The van der Waals surface area contributed by atoms with Gasteiger partial charge < -0.3 is 14.5 Å². The summed E-state index contributed by atoms with van der Waals surface area (Å²) in [6, 6.07) is 11.8. The molecule has 34 heavy (non-hydrogen) atoms. The van der Waals surface area contributed by atoms with Gasteiger partial charge in [0.25, 0.3) is 5.69 Å². The molecule has 0 saturated carbocycles. The molecule has 0 aliphatic heterocycles. The van der Waals surface area contributed by atoms with Crippen molar-refractivity contribution >= 4 is 27.4 Å². The van der Waals surface area contributed by atoms with E-state index in [2.05, 4.69) is 5.32 Å². The van der Waals surface area contributed by atoms with Gasteiger partial charge in [0.1, 0.15) is 30.4 Å². The predicted octanol–water partition coefficient (Wildman–Crippen LogP) is 2.83. The van der Waals surface area contributed by atoms with Crippen LogP contribution in [0.15, 0.2) is 64.1 Å². The maximum atomic E-state index is 13.7. The molecule has 3 rings (SSSR count). The van der Waals surface area contributed by atoms with Crippen LogP contribution >= 0.6 is 0 Å². The Balaban J connectivity index is 1.63. The lowest BCUT2D eigenvalue weighted by Gasteiger charge is -2.10. The summed E-state index contributed by atoms with van der Waals surface area (Å²) in [5.74, 6) is -1.19. The van der Waals surface area contributed by atoms with Crippen molar-refractivity contribution in [2.24, 2.45) is 0 Å². The largest absolute Gasteiger partial charge is 0.467 e. The first kappa shape index (κ1) is 24.4. The number of nitrogens with zero attached hydrogens (tertiary/aromatic N) is 2. The Bertz CT molecular complexity index is 1350. The Kier molecular flexibility index (Phi) is 7.57. The molecule has 0 spiro atoms. The number of nitrogens with one attached hydrogen (secondary N) is 2. The molecule has 0 amide bonds. The molecule has 0 aliphatic carbocycles. The number of nitro groups is 1. The molecule has 3 aromatic rings. The molecule has 11 nitrogen and oxygen atoms in total. The molecule has 0 atom stereocenters. The summed E-state index contributed by atoms with van der Waals surface area (Å²) >= 11 is 0. The van der Waals surface area contributed by atoms with Crippen molar-refractivity contribution < 1.29 is 31.7 Å². The molecule has 2 N–H and O–H groups in total. The van der Waals surface area contributed by atoms with Crippen molar-refractivity contribution in [2.45, 2.75) is 18.0 Å². The highest BCUT2D eigenvalue weighted by molar-refractivity contribution is 7.89. The third-order valence-electron chi connectivity index (χ3n) is 4.48. The molecule has 0 unspecified atom stereocenters. The van der Waals surface area contributed by atoms with E-state index in [1.165, 1.54) is 24.5 Å². The Morgan fingerprint density at radius 3 is 2.71 bits per heavy atom. The Labute approximate surface area is 193 Å². The Morgan fingerprint density at radius 2 is 2.03 bits per heavy atom. The van der Waals surface area contributed by atoms with Crippen LogP contribution in [0.2, 0.25) is 0 Å². The Hall–Kier alpha value is -4.28. The fourth-order valence-corrected chi connectivity index (χ4v) is 3.76. The minimum absolute atomic E-state index is 0.0523. The zero-order valence-electron chi connectivity index (χ0n) is 17.4. The number of sulfonamides is 1. The van der Waals surface area contributed by atoms with Gasteiger partial charge in [0.15, 0.2) is 0 Å². The number of esters is 1. The minimum atomic E-state index is -4.31. The first-order valence-electron chi connectivity index (χ1n) is 9.58. The highest BCUT2D eigenvalue weighted by Gasteiger charge is 2.22. The number of carbonyl (C=O) groups is 1. The van der Waals surface area contributed by atoms with Crippen LogP contribution in [-0.4, -0.2) is 25.9 Å². The molecule has 176 valence electrons. The summed E-state index contributed by atoms with van der Waals surface area (Å²) in [4.78, 5) is 22.2. The number of hydrogen-bond acceptors (Lipinski definition) is 9. The average molecular weight is 488 g/mol. The molecule has 0 fully saturated rings. The van der Waals surface area contributed by atoms with E-state index >= 15 is 0 Å². The van der Waals surface area contributed by atoms with E-state index in [0.717, 1.165) is 18.2 Å². The molecule has 2 aromatic carbocycles. The van der Waals surface area contributed by atoms with E-state index in [0.29, 0.717) is 5.76 Å². The number of benzene rings is 2. The van der Waals surface area contributed by atoms with Gasteiger partial charge in [0.2, 0.25) is 10.0 Å². The first-order valence-corrected chi connectivity index (χ1v) is 11.1. The summed E-state index contributed by atoms with van der Waals surface area (Å²) in [6.07, 6.45) is 1.44. The summed E-state index contributed by atoms with van der Waals surface area (Å²) in [5, 5.41) is 23.1. The van der Waals surface area contributed by atoms with E-state index in [1.807, 2.05) is 10.8 Å². The Morgan fingerprint density at radius 1 is 1.24 bits per heavy atom. The topological polar surface area (TPSA) is 165 Å². The summed E-state index contributed by atoms with van der Waals surface area (Å²) in [5.41, 5.74) is -0.313. The third kappa shape index (κ3) is 6.15. The molecular weight excluding hydrogens is 471 g/mol. The fourth-order valence-electron chi connectivity index (χ4n) is 2.78. The number of nitro benzene ring substituents is 1. The van der Waals surface area contributed by atoms with Crippen molar-refractivity contribution in [3.63, 3.8) is 0 Å². The second-order valence-electron chi connectivity index (χ2n) is 6.77. The molecule has 0 radical (unpaired) electrons. The maximum absolute atomic E-state index is 13.7. The molecule has 0 bridgehead atoms. The molecule has 0 aliphatic rings. The highest BCUT2D eigenvalue weighted by atomic mass is 32.2. The fraction of sp³-hybridized carbons (Fsp3) is 0.143. The van der Waals surface area contributed by atoms with E-state index in [-0.39, 0.29) is 23.4 Å². The van der Waals surface area contributed by atoms with Gasteiger partial charge in [-0.1, -0.05) is 0 Å². The summed E-state index contributed by atoms with van der Waals surface area (Å²) in [6.45, 7) is -1.17. The van der Waals surface area contributed by atoms with Gasteiger partial charge in [-0.2, -0.15) is 9.98 Å². The zero-order valence-corrected chi connectivity index (χ0v) is 18.2. The number of rotatable bonds is 10. The maximum Gasteiger partial charge on any atom is 0.321 e. The molecule has 0 saturated heterocycles. The van der Waals surface area contributed by atoms with E-state index in [9.17, 15) is 27.7 Å². The van der Waals surface area contributed by atoms with Crippen LogP contribution in [0.4, 0.5) is 15.8 Å². The van der Waals surface area contributed by atoms with Crippen molar-refractivity contribution in [2.75, 3.05) is 11.9 Å². The number of anilines is 1. The van der Waals surface area contributed by atoms with Crippen LogP contribution in [0.3, 0.4) is 0 Å². The number of hydrogen-bond donors (Lipinski definition) is 2. The summed E-state index contributed by atoms with van der Waals surface area (Å²) in [7, 11) is -4.31. The molecule has 1 heterocycles. The van der Waals surface area contributed by atoms with E-state index < -0.39 is 50.5 Å². The standard InChI is InChI=1S/C21H17FN4O7S/c22-18-5-3-14(10-23)8-15(18)13-33-21(27)12-25-34(30,31)17-4-6-19(20(9-17)26(28)29)24-11-16-2-1-7-32-16/h1-9,24-25H,11-13H2. The second kappa shape index (κ2) is 10.6. The van der Waals surface area contributed by atoms with Crippen molar-refractivity contribution in [3.05, 3.63) is 87.6 Å². The van der Waals surface area contributed by atoms with Crippen molar-refractivity contribution in [3.8, 4) is 6.07 Å². The third-order valence-corrected chi connectivity index (χ3v) is 5.88. The van der Waals surface area contributed by atoms with E-state index in [1.54, 1.807) is 12.1 Å². The molecular formula is C21H17FN4O7S. The average Bonchev–Trinajstić information content (AvgIpc) is 3.34. The zero-order chi connectivity index (χ0) is 24.7. The van der Waals surface area contributed by atoms with Crippen LogP contribution in [0, 0.1) is 27.3 Å². The van der Waals surface area contributed by atoms with Crippen LogP contribution in [0.1, 0.15) is 16.9 Å². The molecule has 13 heteroatoms. The van der Waals surface area contributed by atoms with E-state index in [4.69, 9.17) is 14.4 Å². The number of nitriles is 1. The lowest BCUT2D eigenvalue weighted by molar-refractivity contribution is -0.384. The lowest BCUT2D eigenvalue weighted by atomic mass is 10.1. The normalized spacial score (nSPS) is 10.9. The number of furan rings is 1. The van der Waals surface area contributed by atoms with Gasteiger partial charge in [-0.25, -0.2) is 12.8 Å². The quantitative estimate of drug-likeness (QED) is 0.248. The minimum Gasteiger partial charge on any atom is -0.467 e. The summed E-state index contributed by atoms with van der Waals surface area (Å²) < 4.78 is 50.7. The van der Waals surface area contributed by atoms with Gasteiger partial charge in [-0.05, 0) is 42.5 Å². The van der Waals surface area contributed by atoms with Gasteiger partial charge in [0.05, 0.1) is 34.3 Å². The van der Waals surface area contributed by atoms with Crippen LogP contribution < -0.4 is 10.0 Å². The number of halogens is 1. The molecule has 1 aromatic heterocycles.